The third-order valence-electron chi connectivity index (χ3n) is 3.45. The number of ether oxygens (including phenoxy) is 1. The molecule has 5 nitrogen and oxygen atoms in total. The highest BCUT2D eigenvalue weighted by Crippen LogP contribution is 2.37. The first-order valence-electron chi connectivity index (χ1n) is 6.84. The van der Waals surface area contributed by atoms with Crippen molar-refractivity contribution in [2.45, 2.75) is 64.8 Å². The molecule has 2 N–H and O–H groups in total. The normalized spacial score (nSPS) is 23.6. The predicted octanol–water partition coefficient (Wildman–Crippen LogP) is 2.60. The Balaban J connectivity index is 1.85. The van der Waals surface area contributed by atoms with Crippen molar-refractivity contribution < 1.29 is 9.53 Å². The third-order valence-corrected chi connectivity index (χ3v) is 4.36. The van der Waals surface area contributed by atoms with Crippen LogP contribution in [0.3, 0.4) is 0 Å². The van der Waals surface area contributed by atoms with Crippen molar-refractivity contribution in [1.82, 2.24) is 15.6 Å². The van der Waals surface area contributed by atoms with Gasteiger partial charge in [-0.1, -0.05) is 0 Å². The molecule has 1 saturated heterocycles. The lowest BCUT2D eigenvalue weighted by molar-refractivity contribution is -0.0690. The van der Waals surface area contributed by atoms with E-state index < -0.39 is 0 Å². The summed E-state index contributed by atoms with van der Waals surface area (Å²) in [5, 5.41) is 6.77. The lowest BCUT2D eigenvalue weighted by Crippen LogP contribution is -2.49. The van der Waals surface area contributed by atoms with Crippen LogP contribution in [0.5, 0.6) is 0 Å². The number of nitrogens with zero attached hydrogens (tertiary/aromatic N) is 1. The number of nitrogens with one attached hydrogen (secondary N) is 2. The fourth-order valence-corrected chi connectivity index (χ4v) is 3.36. The lowest BCUT2D eigenvalue weighted by atomic mass is 9.95. The van der Waals surface area contributed by atoms with Gasteiger partial charge in [-0.2, -0.15) is 0 Å². The van der Waals surface area contributed by atoms with Gasteiger partial charge < -0.3 is 15.4 Å². The molecule has 1 fully saturated rings. The molecule has 0 aromatic carbocycles. The van der Waals surface area contributed by atoms with Gasteiger partial charge in [-0.15, -0.1) is 11.3 Å². The Morgan fingerprint density at radius 2 is 2.20 bits per heavy atom. The van der Waals surface area contributed by atoms with Crippen LogP contribution in [0.15, 0.2) is 6.20 Å². The molecular formula is C14H23N3O2S. The molecule has 1 unspecified atom stereocenters. The van der Waals surface area contributed by atoms with Gasteiger partial charge in [-0.3, -0.25) is 0 Å². The lowest BCUT2D eigenvalue weighted by Gasteiger charge is -2.27. The number of amides is 2. The summed E-state index contributed by atoms with van der Waals surface area (Å²) < 4.78 is 5.96. The molecule has 1 atom stereocenters. The van der Waals surface area contributed by atoms with Crippen LogP contribution in [0.2, 0.25) is 0 Å². The summed E-state index contributed by atoms with van der Waals surface area (Å²) in [5.74, 6) is 0. The summed E-state index contributed by atoms with van der Waals surface area (Å²) in [6.45, 7) is 10.6. The zero-order valence-corrected chi connectivity index (χ0v) is 13.6. The summed E-state index contributed by atoms with van der Waals surface area (Å²) in [6.07, 6.45) is 2.62. The van der Waals surface area contributed by atoms with Crippen molar-refractivity contribution in [3.63, 3.8) is 0 Å². The van der Waals surface area contributed by atoms with E-state index in [1.807, 2.05) is 40.8 Å². The quantitative estimate of drug-likeness (QED) is 0.901. The maximum atomic E-state index is 12.0. The van der Waals surface area contributed by atoms with Crippen LogP contribution in [0.4, 0.5) is 4.79 Å². The molecule has 2 heterocycles. The predicted molar refractivity (Wildman–Crippen MR) is 79.9 cm³/mol. The topological polar surface area (TPSA) is 63.2 Å². The van der Waals surface area contributed by atoms with Crippen LogP contribution < -0.4 is 10.6 Å². The van der Waals surface area contributed by atoms with Gasteiger partial charge in [0.05, 0.1) is 23.8 Å². The highest BCUT2D eigenvalue weighted by Gasteiger charge is 2.46. The Kier molecular flexibility index (Phi) is 4.07. The van der Waals surface area contributed by atoms with Gasteiger partial charge in [-0.25, -0.2) is 9.78 Å². The summed E-state index contributed by atoms with van der Waals surface area (Å²) >= 11 is 1.59. The molecule has 0 saturated carbocycles. The largest absolute Gasteiger partial charge is 0.367 e. The van der Waals surface area contributed by atoms with Crippen LogP contribution in [0, 0.1) is 6.92 Å². The molecule has 6 heteroatoms. The zero-order valence-electron chi connectivity index (χ0n) is 12.7. The second kappa shape index (κ2) is 5.33. The number of urea groups is 1. The van der Waals surface area contributed by atoms with Gasteiger partial charge in [-0.05, 0) is 41.0 Å². The van der Waals surface area contributed by atoms with E-state index >= 15 is 0 Å². The number of aryl methyl sites for hydroxylation is 1. The minimum atomic E-state index is -0.349. The number of hydrogen-bond donors (Lipinski definition) is 2. The molecule has 0 spiro atoms. The van der Waals surface area contributed by atoms with Crippen LogP contribution in [-0.4, -0.2) is 28.3 Å². The second-order valence-corrected chi connectivity index (χ2v) is 7.73. The number of rotatable bonds is 3. The number of carbonyl (C=O) groups excluding carboxylic acids is 1. The van der Waals surface area contributed by atoms with Crippen LogP contribution >= 0.6 is 11.3 Å². The van der Waals surface area contributed by atoms with Crippen LogP contribution in [0.25, 0.3) is 0 Å². The first-order valence-corrected chi connectivity index (χ1v) is 7.65. The van der Waals surface area contributed by atoms with E-state index in [0.717, 1.165) is 16.3 Å². The van der Waals surface area contributed by atoms with Crippen molar-refractivity contribution in [3.05, 3.63) is 16.1 Å². The average Bonchev–Trinajstić information content (AvgIpc) is 2.77. The first kappa shape index (κ1) is 15.3. The Bertz CT molecular complexity index is 496. The molecule has 112 valence electrons. The van der Waals surface area contributed by atoms with E-state index in [2.05, 4.69) is 15.6 Å². The van der Waals surface area contributed by atoms with Crippen LogP contribution in [-0.2, 0) is 11.3 Å². The third kappa shape index (κ3) is 3.70. The molecule has 0 radical (unpaired) electrons. The van der Waals surface area contributed by atoms with E-state index in [-0.39, 0.29) is 23.3 Å². The molecule has 20 heavy (non-hydrogen) atoms. The molecule has 1 aliphatic heterocycles. The maximum absolute atomic E-state index is 12.0. The van der Waals surface area contributed by atoms with Gasteiger partial charge in [0.2, 0.25) is 0 Å². The van der Waals surface area contributed by atoms with Crippen molar-refractivity contribution in [1.29, 1.82) is 0 Å². The fraction of sp³-hybridized carbons (Fsp3) is 0.714. The molecule has 2 amide bonds. The minimum Gasteiger partial charge on any atom is -0.367 e. The van der Waals surface area contributed by atoms with Crippen molar-refractivity contribution >= 4 is 17.4 Å². The monoisotopic (exact) mass is 297 g/mol. The summed E-state index contributed by atoms with van der Waals surface area (Å²) in [5.41, 5.74) is -0.549. The van der Waals surface area contributed by atoms with E-state index in [1.165, 1.54) is 0 Å². The second-order valence-electron chi connectivity index (χ2n) is 6.41. The molecule has 0 aliphatic carbocycles. The van der Waals surface area contributed by atoms with Crippen molar-refractivity contribution in [2.75, 3.05) is 0 Å². The SMILES string of the molecule is Cc1cnc(CNC(=O)NC2CC(C)(C)OC2(C)C)s1. The number of thiazole rings is 1. The molecule has 1 aromatic rings. The zero-order chi connectivity index (χ0) is 15.0. The van der Waals surface area contributed by atoms with E-state index in [4.69, 9.17) is 4.74 Å². The van der Waals surface area contributed by atoms with E-state index in [1.54, 1.807) is 11.3 Å². The van der Waals surface area contributed by atoms with Gasteiger partial charge in [0.1, 0.15) is 5.01 Å². The standard InChI is InChI=1S/C14H23N3O2S/c1-9-7-15-11(20-9)8-16-12(18)17-10-6-13(2,3)19-14(10,4)5/h7,10H,6,8H2,1-5H3,(H2,16,17,18). The summed E-state index contributed by atoms with van der Waals surface area (Å²) in [6, 6.07) is -0.159. The molecule has 1 aromatic heterocycles. The Hall–Kier alpha value is -1.14. The highest BCUT2D eigenvalue weighted by atomic mass is 32.1. The summed E-state index contributed by atoms with van der Waals surface area (Å²) in [4.78, 5) is 17.3. The Morgan fingerprint density at radius 3 is 2.70 bits per heavy atom. The van der Waals surface area contributed by atoms with Gasteiger partial charge in [0.15, 0.2) is 0 Å². The van der Waals surface area contributed by atoms with Crippen molar-refractivity contribution in [2.24, 2.45) is 0 Å². The molecule has 1 aliphatic rings. The first-order chi connectivity index (χ1) is 9.18. The number of hydrogen-bond acceptors (Lipinski definition) is 4. The minimum absolute atomic E-state index is 0.00975. The average molecular weight is 297 g/mol. The Morgan fingerprint density at radius 1 is 1.50 bits per heavy atom. The molecule has 2 rings (SSSR count). The van der Waals surface area contributed by atoms with E-state index in [9.17, 15) is 4.79 Å². The van der Waals surface area contributed by atoms with Gasteiger partial charge in [0.25, 0.3) is 0 Å². The number of aromatic nitrogens is 1. The van der Waals surface area contributed by atoms with Crippen molar-refractivity contribution in [3.8, 4) is 0 Å². The van der Waals surface area contributed by atoms with Gasteiger partial charge in [0, 0.05) is 11.1 Å². The van der Waals surface area contributed by atoms with E-state index in [0.29, 0.717) is 6.54 Å². The Labute approximate surface area is 124 Å². The number of carbonyl (C=O) groups is 1. The molecular weight excluding hydrogens is 274 g/mol. The highest BCUT2D eigenvalue weighted by molar-refractivity contribution is 7.11. The maximum Gasteiger partial charge on any atom is 0.315 e. The van der Waals surface area contributed by atoms with Gasteiger partial charge >= 0.3 is 6.03 Å². The smallest absolute Gasteiger partial charge is 0.315 e. The molecule has 0 bridgehead atoms. The fourth-order valence-electron chi connectivity index (χ4n) is 2.64. The summed E-state index contributed by atoms with van der Waals surface area (Å²) in [7, 11) is 0. The van der Waals surface area contributed by atoms with Crippen LogP contribution in [0.1, 0.15) is 44.0 Å².